The average molecular weight is 436 g/mol. The highest BCUT2D eigenvalue weighted by molar-refractivity contribution is 7.90. The fourth-order valence-electron chi connectivity index (χ4n) is 3.23. The molecule has 9 nitrogen and oxygen atoms in total. The third-order valence-electron chi connectivity index (χ3n) is 5.43. The highest BCUT2D eigenvalue weighted by Crippen LogP contribution is 2.39. The molecule has 0 atom stereocenters. The summed E-state index contributed by atoms with van der Waals surface area (Å²) >= 11 is 0. The van der Waals surface area contributed by atoms with Crippen LogP contribution in [-0.4, -0.2) is 60.6 Å². The Morgan fingerprint density at radius 3 is 2.50 bits per heavy atom. The number of carbonyl (C=O) groups excluding carboxylic acids is 1. The number of aromatic nitrogens is 2. The highest BCUT2D eigenvalue weighted by atomic mass is 32.2. The zero-order valence-electron chi connectivity index (χ0n) is 17.0. The van der Waals surface area contributed by atoms with Crippen LogP contribution in [0.3, 0.4) is 0 Å². The van der Waals surface area contributed by atoms with E-state index in [2.05, 4.69) is 10.1 Å². The minimum absolute atomic E-state index is 0.0153. The lowest BCUT2D eigenvalue weighted by atomic mass is 10.1. The van der Waals surface area contributed by atoms with E-state index in [9.17, 15) is 13.2 Å². The number of rotatable bonds is 6. The monoisotopic (exact) mass is 435 g/mol. The van der Waals surface area contributed by atoms with Gasteiger partial charge < -0.3 is 18.9 Å². The molecule has 0 unspecified atom stereocenters. The van der Waals surface area contributed by atoms with Gasteiger partial charge in [-0.1, -0.05) is 5.16 Å². The molecule has 2 heterocycles. The van der Waals surface area contributed by atoms with E-state index in [1.165, 1.54) is 12.1 Å². The largest absolute Gasteiger partial charge is 0.443 e. The van der Waals surface area contributed by atoms with Crippen molar-refractivity contribution in [2.45, 2.75) is 55.8 Å². The summed E-state index contributed by atoms with van der Waals surface area (Å²) in [7, 11) is -3.25. The fraction of sp³-hybridized carbons (Fsp3) is 0.550. The fourth-order valence-corrected chi connectivity index (χ4v) is 3.86. The zero-order valence-corrected chi connectivity index (χ0v) is 17.9. The maximum atomic E-state index is 12.2. The Labute approximate surface area is 175 Å². The molecule has 1 aliphatic carbocycles. The number of sulfone groups is 1. The minimum atomic E-state index is -3.25. The third-order valence-corrected chi connectivity index (χ3v) is 6.56. The quantitative estimate of drug-likeness (QED) is 0.681. The summed E-state index contributed by atoms with van der Waals surface area (Å²) in [6, 6.07) is 6.28. The average Bonchev–Trinajstić information content (AvgIpc) is 3.25. The van der Waals surface area contributed by atoms with Gasteiger partial charge >= 0.3 is 6.09 Å². The van der Waals surface area contributed by atoms with E-state index in [4.69, 9.17) is 14.0 Å². The van der Waals surface area contributed by atoms with Crippen LogP contribution in [0, 0.1) is 0 Å². The number of hydrogen-bond acceptors (Lipinski definition) is 8. The Morgan fingerprint density at radius 2 is 1.90 bits per heavy atom. The first-order chi connectivity index (χ1) is 14.2. The van der Waals surface area contributed by atoms with Crippen molar-refractivity contribution in [2.24, 2.45) is 0 Å². The zero-order chi connectivity index (χ0) is 21.4. The van der Waals surface area contributed by atoms with E-state index in [-0.39, 0.29) is 29.3 Å². The van der Waals surface area contributed by atoms with E-state index < -0.39 is 9.84 Å². The molecule has 1 aromatic carbocycles. The van der Waals surface area contributed by atoms with Gasteiger partial charge in [0, 0.05) is 24.9 Å². The van der Waals surface area contributed by atoms with E-state index in [0.29, 0.717) is 30.4 Å². The van der Waals surface area contributed by atoms with Crippen molar-refractivity contribution in [1.82, 2.24) is 15.0 Å². The highest BCUT2D eigenvalue weighted by Gasteiger charge is 2.43. The summed E-state index contributed by atoms with van der Waals surface area (Å²) < 4.78 is 39.7. The second-order valence-corrected chi connectivity index (χ2v) is 10.1. The standard InChI is InChI=1S/C20H25N3O6S/c1-20(9-10-20)28-19(24)23-11-7-15(8-12-23)27-13-17-21-18(29-22-17)14-3-5-16(6-4-14)30(2,25)26/h3-6,15H,7-13H2,1-2H3. The minimum Gasteiger partial charge on any atom is -0.443 e. The van der Waals surface area contributed by atoms with Crippen molar-refractivity contribution in [1.29, 1.82) is 0 Å². The van der Waals surface area contributed by atoms with Gasteiger partial charge in [-0.2, -0.15) is 4.98 Å². The van der Waals surface area contributed by atoms with Gasteiger partial charge in [0.1, 0.15) is 12.2 Å². The Balaban J connectivity index is 1.25. The smallest absolute Gasteiger partial charge is 0.410 e. The molecule has 2 aliphatic rings. The topological polar surface area (TPSA) is 112 Å². The molecule has 0 bridgehead atoms. The Kier molecular flexibility index (Phi) is 5.54. The Morgan fingerprint density at radius 1 is 1.23 bits per heavy atom. The summed E-state index contributed by atoms with van der Waals surface area (Å²) in [5, 5.41) is 3.92. The molecule has 10 heteroatoms. The second-order valence-electron chi connectivity index (χ2n) is 8.13. The molecule has 1 aliphatic heterocycles. The van der Waals surface area contributed by atoms with Crippen LogP contribution in [0.2, 0.25) is 0 Å². The van der Waals surface area contributed by atoms with Gasteiger partial charge in [0.2, 0.25) is 0 Å². The summed E-state index contributed by atoms with van der Waals surface area (Å²) in [6.45, 7) is 3.37. The summed E-state index contributed by atoms with van der Waals surface area (Å²) in [6.07, 6.45) is 4.26. The lowest BCUT2D eigenvalue weighted by Crippen LogP contribution is -2.42. The normalized spacial score (nSPS) is 18.9. The predicted octanol–water partition coefficient (Wildman–Crippen LogP) is 2.81. The van der Waals surface area contributed by atoms with E-state index in [1.807, 2.05) is 6.92 Å². The van der Waals surface area contributed by atoms with Crippen LogP contribution < -0.4 is 0 Å². The second kappa shape index (κ2) is 7.99. The Hall–Kier alpha value is -2.46. The van der Waals surface area contributed by atoms with Crippen LogP contribution >= 0.6 is 0 Å². The molecule has 0 N–H and O–H groups in total. The third kappa shape index (κ3) is 4.99. The number of piperidine rings is 1. The van der Waals surface area contributed by atoms with E-state index >= 15 is 0 Å². The molecule has 2 fully saturated rings. The molecule has 2 aromatic rings. The SMILES string of the molecule is CC1(OC(=O)N2CCC(OCc3noc(-c4ccc(S(C)(=O)=O)cc4)n3)CC2)CC1. The van der Waals surface area contributed by atoms with Gasteiger partial charge in [-0.3, -0.25) is 0 Å². The summed E-state index contributed by atoms with van der Waals surface area (Å²) in [5.74, 6) is 0.723. The molecule has 0 spiro atoms. The van der Waals surface area contributed by atoms with Crippen molar-refractivity contribution in [2.75, 3.05) is 19.3 Å². The number of ether oxygens (including phenoxy) is 2. The van der Waals surface area contributed by atoms with Gasteiger partial charge in [-0.05, 0) is 56.9 Å². The van der Waals surface area contributed by atoms with Crippen LogP contribution in [0.25, 0.3) is 11.5 Å². The van der Waals surface area contributed by atoms with Crippen molar-refractivity contribution in [3.8, 4) is 11.5 Å². The van der Waals surface area contributed by atoms with Crippen LogP contribution in [0.5, 0.6) is 0 Å². The van der Waals surface area contributed by atoms with E-state index in [1.54, 1.807) is 17.0 Å². The van der Waals surface area contributed by atoms with Gasteiger partial charge in [-0.25, -0.2) is 13.2 Å². The molecule has 0 radical (unpaired) electrons. The molecule has 1 amide bonds. The van der Waals surface area contributed by atoms with Gasteiger partial charge in [0.05, 0.1) is 11.0 Å². The van der Waals surface area contributed by atoms with Crippen molar-refractivity contribution in [3.05, 3.63) is 30.1 Å². The first kappa shape index (κ1) is 20.8. The van der Waals surface area contributed by atoms with Gasteiger partial charge in [-0.15, -0.1) is 0 Å². The molecular formula is C20H25N3O6S. The van der Waals surface area contributed by atoms with Crippen molar-refractivity contribution in [3.63, 3.8) is 0 Å². The van der Waals surface area contributed by atoms with Gasteiger partial charge in [0.25, 0.3) is 5.89 Å². The summed E-state index contributed by atoms with van der Waals surface area (Å²) in [4.78, 5) is 18.4. The van der Waals surface area contributed by atoms with Crippen molar-refractivity contribution >= 4 is 15.9 Å². The maximum Gasteiger partial charge on any atom is 0.410 e. The van der Waals surface area contributed by atoms with Gasteiger partial charge in [0.15, 0.2) is 15.7 Å². The number of likely N-dealkylation sites (tertiary alicyclic amines) is 1. The predicted molar refractivity (Wildman–Crippen MR) is 106 cm³/mol. The molecule has 4 rings (SSSR count). The first-order valence-corrected chi connectivity index (χ1v) is 11.8. The van der Waals surface area contributed by atoms with Crippen LogP contribution in [0.4, 0.5) is 4.79 Å². The van der Waals surface area contributed by atoms with Crippen LogP contribution in [0.15, 0.2) is 33.7 Å². The molecule has 1 saturated carbocycles. The number of carbonyl (C=O) groups is 1. The Bertz CT molecular complexity index is 1010. The van der Waals surface area contributed by atoms with Crippen LogP contribution in [0.1, 0.15) is 38.4 Å². The summed E-state index contributed by atoms with van der Waals surface area (Å²) in [5.41, 5.74) is 0.378. The number of nitrogens with zero attached hydrogens (tertiary/aromatic N) is 3. The lowest BCUT2D eigenvalue weighted by molar-refractivity contribution is -0.0117. The molecule has 1 saturated heterocycles. The first-order valence-electron chi connectivity index (χ1n) is 9.94. The molecule has 1 aromatic heterocycles. The van der Waals surface area contributed by atoms with Crippen LogP contribution in [-0.2, 0) is 25.9 Å². The number of benzene rings is 1. The lowest BCUT2D eigenvalue weighted by Gasteiger charge is -2.31. The molecular weight excluding hydrogens is 410 g/mol. The maximum absolute atomic E-state index is 12.2. The van der Waals surface area contributed by atoms with Crippen molar-refractivity contribution < 1.29 is 27.2 Å². The number of hydrogen-bond donors (Lipinski definition) is 0. The molecule has 162 valence electrons. The number of amides is 1. The molecule has 30 heavy (non-hydrogen) atoms. The van der Waals surface area contributed by atoms with E-state index in [0.717, 1.165) is 31.9 Å².